The van der Waals surface area contributed by atoms with Crippen molar-refractivity contribution in [3.05, 3.63) is 34.9 Å². The minimum absolute atomic E-state index is 0.116. The molecule has 1 rings (SSSR count). The van der Waals surface area contributed by atoms with Crippen molar-refractivity contribution in [2.75, 3.05) is 0 Å². The molecular formula is C11H12O5. The van der Waals surface area contributed by atoms with Crippen LogP contribution in [0.1, 0.15) is 27.6 Å². The Morgan fingerprint density at radius 3 is 2.50 bits per heavy atom. The van der Waals surface area contributed by atoms with Crippen molar-refractivity contribution in [3.63, 3.8) is 0 Å². The van der Waals surface area contributed by atoms with E-state index in [1.165, 1.54) is 12.1 Å². The molecule has 0 heterocycles. The number of carbonyl (C=O) groups excluding carboxylic acids is 1. The molecule has 2 unspecified atom stereocenters. The first-order valence-corrected chi connectivity index (χ1v) is 4.62. The van der Waals surface area contributed by atoms with Gasteiger partial charge < -0.3 is 15.3 Å². The van der Waals surface area contributed by atoms with Gasteiger partial charge in [0.1, 0.15) is 12.4 Å². The van der Waals surface area contributed by atoms with Crippen molar-refractivity contribution >= 4 is 12.3 Å². The number of aldehydes is 1. The minimum Gasteiger partial charge on any atom is -0.479 e. The van der Waals surface area contributed by atoms with E-state index in [1.807, 2.05) is 0 Å². The number of rotatable bonds is 4. The average molecular weight is 224 g/mol. The molecule has 0 radical (unpaired) electrons. The number of aliphatic carboxylic acids is 1. The summed E-state index contributed by atoms with van der Waals surface area (Å²) in [7, 11) is 0. The van der Waals surface area contributed by atoms with Crippen LogP contribution in [0.5, 0.6) is 0 Å². The van der Waals surface area contributed by atoms with Gasteiger partial charge >= 0.3 is 5.97 Å². The number of aliphatic hydroxyl groups excluding tert-OH is 2. The van der Waals surface area contributed by atoms with Crippen LogP contribution in [0, 0.1) is 6.92 Å². The van der Waals surface area contributed by atoms with Gasteiger partial charge in [0, 0.05) is 5.56 Å². The maximum Gasteiger partial charge on any atom is 0.335 e. The molecule has 3 N–H and O–H groups in total. The van der Waals surface area contributed by atoms with E-state index < -0.39 is 18.2 Å². The quantitative estimate of drug-likeness (QED) is 0.639. The summed E-state index contributed by atoms with van der Waals surface area (Å²) in [5.41, 5.74) is 1.04. The Hall–Kier alpha value is -1.72. The minimum atomic E-state index is -1.94. The zero-order chi connectivity index (χ0) is 12.3. The molecule has 0 spiro atoms. The molecule has 2 atom stereocenters. The summed E-state index contributed by atoms with van der Waals surface area (Å²) >= 11 is 0. The average Bonchev–Trinajstić information content (AvgIpc) is 2.26. The number of aryl methyl sites for hydroxylation is 1. The molecule has 1 aromatic carbocycles. The van der Waals surface area contributed by atoms with Crippen LogP contribution < -0.4 is 0 Å². The number of carbonyl (C=O) groups is 2. The SMILES string of the molecule is Cc1ccc(C=O)c(C(O)C(O)C(=O)O)c1. The fourth-order valence-corrected chi connectivity index (χ4v) is 1.36. The molecule has 0 aromatic heterocycles. The molecule has 16 heavy (non-hydrogen) atoms. The zero-order valence-electron chi connectivity index (χ0n) is 8.62. The van der Waals surface area contributed by atoms with E-state index in [2.05, 4.69) is 0 Å². The van der Waals surface area contributed by atoms with Gasteiger partial charge in [-0.25, -0.2) is 4.79 Å². The van der Waals surface area contributed by atoms with Crippen molar-refractivity contribution < 1.29 is 24.9 Å². The van der Waals surface area contributed by atoms with Crippen molar-refractivity contribution in [2.24, 2.45) is 0 Å². The monoisotopic (exact) mass is 224 g/mol. The second-order valence-corrected chi connectivity index (χ2v) is 3.48. The Balaban J connectivity index is 3.15. The number of benzene rings is 1. The highest BCUT2D eigenvalue weighted by Crippen LogP contribution is 2.21. The third-order valence-corrected chi connectivity index (χ3v) is 2.24. The van der Waals surface area contributed by atoms with Crippen molar-refractivity contribution in [2.45, 2.75) is 19.1 Å². The van der Waals surface area contributed by atoms with E-state index in [4.69, 9.17) is 5.11 Å². The molecule has 86 valence electrons. The highest BCUT2D eigenvalue weighted by Gasteiger charge is 2.26. The molecule has 0 saturated heterocycles. The molecule has 0 bridgehead atoms. The van der Waals surface area contributed by atoms with Crippen LogP contribution >= 0.6 is 0 Å². The summed E-state index contributed by atoms with van der Waals surface area (Å²) in [5.74, 6) is -1.54. The maximum atomic E-state index is 10.7. The van der Waals surface area contributed by atoms with Crippen LogP contribution in [-0.4, -0.2) is 33.7 Å². The van der Waals surface area contributed by atoms with E-state index in [0.717, 1.165) is 5.56 Å². The topological polar surface area (TPSA) is 94.8 Å². The van der Waals surface area contributed by atoms with Crippen LogP contribution in [0.4, 0.5) is 0 Å². The predicted octanol–water partition coefficient (Wildman–Crippen LogP) is 0.286. The van der Waals surface area contributed by atoms with Gasteiger partial charge in [0.15, 0.2) is 6.10 Å². The summed E-state index contributed by atoms with van der Waals surface area (Å²) in [6.07, 6.45) is -3.05. The number of carboxylic acids is 1. The first kappa shape index (κ1) is 12.4. The molecule has 0 fully saturated rings. The van der Waals surface area contributed by atoms with Gasteiger partial charge in [-0.1, -0.05) is 23.8 Å². The molecular weight excluding hydrogens is 212 g/mol. The first-order chi connectivity index (χ1) is 7.47. The van der Waals surface area contributed by atoms with Gasteiger partial charge in [0.25, 0.3) is 0 Å². The van der Waals surface area contributed by atoms with Gasteiger partial charge in [0.05, 0.1) is 0 Å². The molecule has 0 aliphatic rings. The lowest BCUT2D eigenvalue weighted by atomic mass is 9.97. The summed E-state index contributed by atoms with van der Waals surface area (Å²) in [4.78, 5) is 21.2. The first-order valence-electron chi connectivity index (χ1n) is 4.62. The summed E-state index contributed by atoms with van der Waals surface area (Å²) in [5, 5.41) is 27.3. The Bertz CT molecular complexity index is 413. The molecule has 1 aromatic rings. The van der Waals surface area contributed by atoms with Crippen molar-refractivity contribution in [1.82, 2.24) is 0 Å². The Labute approximate surface area is 92.0 Å². The molecule has 0 amide bonds. The largest absolute Gasteiger partial charge is 0.479 e. The third kappa shape index (κ3) is 2.44. The Morgan fingerprint density at radius 2 is 2.00 bits per heavy atom. The van der Waals surface area contributed by atoms with Gasteiger partial charge in [-0.3, -0.25) is 4.79 Å². The van der Waals surface area contributed by atoms with Gasteiger partial charge in [-0.05, 0) is 12.5 Å². The van der Waals surface area contributed by atoms with E-state index >= 15 is 0 Å². The second kappa shape index (κ2) is 4.87. The third-order valence-electron chi connectivity index (χ3n) is 2.24. The Morgan fingerprint density at radius 1 is 1.38 bits per heavy atom. The molecule has 5 nitrogen and oxygen atoms in total. The fraction of sp³-hybridized carbons (Fsp3) is 0.273. The number of carboxylic acid groups (broad SMARTS) is 1. The Kier molecular flexibility index (Phi) is 3.76. The van der Waals surface area contributed by atoms with Crippen LogP contribution in [-0.2, 0) is 4.79 Å². The summed E-state index contributed by atoms with van der Waals surface area (Å²) in [6.45, 7) is 1.73. The van der Waals surface area contributed by atoms with Crippen molar-refractivity contribution in [1.29, 1.82) is 0 Å². The van der Waals surface area contributed by atoms with Crippen molar-refractivity contribution in [3.8, 4) is 0 Å². The molecule has 5 heteroatoms. The summed E-state index contributed by atoms with van der Waals surface area (Å²) < 4.78 is 0. The van der Waals surface area contributed by atoms with Gasteiger partial charge in [0.2, 0.25) is 0 Å². The fourth-order valence-electron chi connectivity index (χ4n) is 1.36. The smallest absolute Gasteiger partial charge is 0.335 e. The van der Waals surface area contributed by atoms with E-state index in [1.54, 1.807) is 13.0 Å². The normalized spacial score (nSPS) is 14.2. The van der Waals surface area contributed by atoms with Crippen LogP contribution in [0.25, 0.3) is 0 Å². The standard InChI is InChI=1S/C11H12O5/c1-6-2-3-7(5-12)8(4-6)9(13)10(14)11(15)16/h2-5,9-10,13-14H,1H3,(H,15,16). The highest BCUT2D eigenvalue weighted by atomic mass is 16.4. The van der Waals surface area contributed by atoms with E-state index in [0.29, 0.717) is 6.29 Å². The van der Waals surface area contributed by atoms with E-state index in [-0.39, 0.29) is 11.1 Å². The molecule has 0 aliphatic heterocycles. The number of hydrogen-bond acceptors (Lipinski definition) is 4. The van der Waals surface area contributed by atoms with Crippen LogP contribution in [0.15, 0.2) is 18.2 Å². The van der Waals surface area contributed by atoms with Crippen LogP contribution in [0.2, 0.25) is 0 Å². The highest BCUT2D eigenvalue weighted by molar-refractivity contribution is 5.79. The lowest BCUT2D eigenvalue weighted by molar-refractivity contribution is -0.153. The van der Waals surface area contributed by atoms with Crippen LogP contribution in [0.3, 0.4) is 0 Å². The zero-order valence-corrected chi connectivity index (χ0v) is 8.62. The maximum absolute atomic E-state index is 10.7. The number of hydrogen-bond donors (Lipinski definition) is 3. The van der Waals surface area contributed by atoms with Gasteiger partial charge in [-0.2, -0.15) is 0 Å². The van der Waals surface area contributed by atoms with Gasteiger partial charge in [-0.15, -0.1) is 0 Å². The predicted molar refractivity (Wildman–Crippen MR) is 55.2 cm³/mol. The lowest BCUT2D eigenvalue weighted by Crippen LogP contribution is -2.28. The number of aliphatic hydroxyl groups is 2. The second-order valence-electron chi connectivity index (χ2n) is 3.48. The lowest BCUT2D eigenvalue weighted by Gasteiger charge is -2.16. The molecule has 0 saturated carbocycles. The molecule has 0 aliphatic carbocycles. The summed E-state index contributed by atoms with van der Waals surface area (Å²) in [6, 6.07) is 4.60. The van der Waals surface area contributed by atoms with E-state index in [9.17, 15) is 19.8 Å².